The van der Waals surface area contributed by atoms with Crippen LogP contribution in [0.5, 0.6) is 5.75 Å². The molecule has 118 valence electrons. The summed E-state index contributed by atoms with van der Waals surface area (Å²) in [5.74, 6) is -0.634. The monoisotopic (exact) mass is 305 g/mol. The maximum atomic E-state index is 12.2. The van der Waals surface area contributed by atoms with Crippen molar-refractivity contribution < 1.29 is 14.6 Å². The first-order valence-corrected chi connectivity index (χ1v) is 6.89. The third kappa shape index (κ3) is 3.04. The lowest BCUT2D eigenvalue weighted by molar-refractivity contribution is 0.0695. The van der Waals surface area contributed by atoms with Gasteiger partial charge in [0.15, 0.2) is 0 Å². The number of aromatic carboxylic acids is 1. The number of benzene rings is 1. The second-order valence-electron chi connectivity index (χ2n) is 5.04. The summed E-state index contributed by atoms with van der Waals surface area (Å²) in [6.07, 6.45) is 2.05. The lowest BCUT2D eigenvalue weighted by Crippen LogP contribution is -2.29. The van der Waals surface area contributed by atoms with Crippen LogP contribution in [0.25, 0.3) is 10.9 Å². The Morgan fingerprint density at radius 2 is 2.14 bits per heavy atom. The van der Waals surface area contributed by atoms with Crippen LogP contribution >= 0.6 is 0 Å². The number of carboxylic acid groups (broad SMARTS) is 1. The highest BCUT2D eigenvalue weighted by Gasteiger charge is 2.15. The molecule has 7 nitrogen and oxygen atoms in total. The van der Waals surface area contributed by atoms with Crippen LogP contribution in [0.4, 0.5) is 0 Å². The number of aromatic nitrogens is 1. The minimum absolute atomic E-state index is 0.266. The Morgan fingerprint density at radius 3 is 2.73 bits per heavy atom. The summed E-state index contributed by atoms with van der Waals surface area (Å²) < 4.78 is 7.18. The third-order valence-electron chi connectivity index (χ3n) is 3.24. The number of carbonyl (C=O) groups is 1. The fourth-order valence-corrected chi connectivity index (χ4v) is 2.13. The largest absolute Gasteiger partial charge is 0.493 e. The van der Waals surface area contributed by atoms with Crippen molar-refractivity contribution in [3.63, 3.8) is 0 Å². The van der Waals surface area contributed by atoms with E-state index >= 15 is 0 Å². The number of pyridine rings is 1. The molecule has 0 radical (unpaired) electrons. The molecule has 0 spiro atoms. The molecular weight excluding hydrogens is 286 g/mol. The van der Waals surface area contributed by atoms with Crippen molar-refractivity contribution in [1.82, 2.24) is 4.68 Å². The normalized spacial score (nSPS) is 10.7. The third-order valence-corrected chi connectivity index (χ3v) is 3.24. The molecule has 0 unspecified atom stereocenters. The molecule has 0 aliphatic rings. The van der Waals surface area contributed by atoms with Gasteiger partial charge < -0.3 is 20.6 Å². The highest BCUT2D eigenvalue weighted by molar-refractivity contribution is 5.93. The summed E-state index contributed by atoms with van der Waals surface area (Å²) >= 11 is 0. The van der Waals surface area contributed by atoms with Crippen molar-refractivity contribution in [3.05, 3.63) is 40.2 Å². The zero-order valence-corrected chi connectivity index (χ0v) is 12.6. The molecule has 0 fully saturated rings. The summed E-state index contributed by atoms with van der Waals surface area (Å²) in [7, 11) is 3.52. The molecule has 0 amide bonds. The molecule has 3 N–H and O–H groups in total. The second kappa shape index (κ2) is 6.48. The van der Waals surface area contributed by atoms with E-state index < -0.39 is 11.4 Å². The molecule has 2 rings (SSSR count). The van der Waals surface area contributed by atoms with Gasteiger partial charge in [-0.15, -0.1) is 0 Å². The van der Waals surface area contributed by atoms with Crippen LogP contribution in [0.2, 0.25) is 0 Å². The zero-order chi connectivity index (χ0) is 16.3. The van der Waals surface area contributed by atoms with E-state index in [4.69, 9.17) is 15.6 Å². The second-order valence-corrected chi connectivity index (χ2v) is 5.04. The van der Waals surface area contributed by atoms with Crippen LogP contribution in [0.1, 0.15) is 16.8 Å². The van der Waals surface area contributed by atoms with E-state index in [0.717, 1.165) is 6.42 Å². The first kappa shape index (κ1) is 15.8. The number of hydrogen-bond acceptors (Lipinski definition) is 5. The van der Waals surface area contributed by atoms with Crippen LogP contribution in [-0.4, -0.2) is 43.0 Å². The van der Waals surface area contributed by atoms with Crippen LogP contribution in [0, 0.1) is 0 Å². The minimum atomic E-state index is -1.24. The molecule has 1 aromatic carbocycles. The fraction of sp³-hybridized carbons (Fsp3) is 0.333. The van der Waals surface area contributed by atoms with E-state index in [1.54, 1.807) is 42.0 Å². The van der Waals surface area contributed by atoms with Gasteiger partial charge in [0.1, 0.15) is 11.3 Å². The van der Waals surface area contributed by atoms with Crippen molar-refractivity contribution >= 4 is 16.9 Å². The average Bonchev–Trinajstić information content (AvgIpc) is 2.47. The predicted molar refractivity (Wildman–Crippen MR) is 84.4 cm³/mol. The predicted octanol–water partition coefficient (Wildman–Crippen LogP) is 0.625. The Kier molecular flexibility index (Phi) is 4.67. The maximum absolute atomic E-state index is 12.2. The molecule has 0 saturated heterocycles. The Balaban J connectivity index is 2.60. The molecule has 7 heteroatoms. The fourth-order valence-electron chi connectivity index (χ4n) is 2.13. The average molecular weight is 305 g/mol. The summed E-state index contributed by atoms with van der Waals surface area (Å²) in [5, 5.41) is 11.2. The zero-order valence-electron chi connectivity index (χ0n) is 12.6. The van der Waals surface area contributed by atoms with Gasteiger partial charge in [0.25, 0.3) is 0 Å². The van der Waals surface area contributed by atoms with Gasteiger partial charge in [-0.05, 0) is 25.1 Å². The van der Waals surface area contributed by atoms with Gasteiger partial charge in [-0.25, -0.2) is 4.79 Å². The van der Waals surface area contributed by atoms with E-state index in [1.807, 2.05) is 0 Å². The van der Waals surface area contributed by atoms with Crippen LogP contribution in [0.15, 0.2) is 29.2 Å². The van der Waals surface area contributed by atoms with Crippen molar-refractivity contribution in [2.75, 3.05) is 32.3 Å². The lowest BCUT2D eigenvalue weighted by atomic mass is 10.1. The summed E-state index contributed by atoms with van der Waals surface area (Å²) in [5.41, 5.74) is 5.24. The first-order chi connectivity index (χ1) is 10.5. The number of carboxylic acids is 1. The molecular formula is C15H19N3O4. The topological polar surface area (TPSA) is 97.8 Å². The molecule has 0 saturated carbocycles. The van der Waals surface area contributed by atoms with E-state index in [9.17, 15) is 9.59 Å². The maximum Gasteiger partial charge on any atom is 0.341 e. The lowest BCUT2D eigenvalue weighted by Gasteiger charge is -2.20. The van der Waals surface area contributed by atoms with E-state index in [1.165, 1.54) is 6.20 Å². The van der Waals surface area contributed by atoms with E-state index in [-0.39, 0.29) is 5.56 Å². The molecule has 1 heterocycles. The summed E-state index contributed by atoms with van der Waals surface area (Å²) in [6.45, 7) is 1.03. The first-order valence-electron chi connectivity index (χ1n) is 6.89. The van der Waals surface area contributed by atoms with Gasteiger partial charge >= 0.3 is 5.97 Å². The number of nitrogens with two attached hydrogens (primary N) is 1. The number of nitrogens with zero attached hydrogens (tertiary/aromatic N) is 2. The molecule has 1 aromatic heterocycles. The van der Waals surface area contributed by atoms with Crippen molar-refractivity contribution in [3.8, 4) is 5.75 Å². The van der Waals surface area contributed by atoms with Crippen molar-refractivity contribution in [2.45, 2.75) is 6.42 Å². The number of fused-ring (bicyclic) bond motifs is 1. The van der Waals surface area contributed by atoms with Gasteiger partial charge in [0, 0.05) is 31.7 Å². The minimum Gasteiger partial charge on any atom is -0.493 e. The van der Waals surface area contributed by atoms with Gasteiger partial charge in [0.05, 0.1) is 12.1 Å². The number of rotatable bonds is 6. The van der Waals surface area contributed by atoms with Crippen molar-refractivity contribution in [2.24, 2.45) is 5.73 Å². The van der Waals surface area contributed by atoms with Crippen LogP contribution < -0.4 is 20.9 Å². The van der Waals surface area contributed by atoms with Gasteiger partial charge in [-0.1, -0.05) is 0 Å². The molecule has 0 atom stereocenters. The summed E-state index contributed by atoms with van der Waals surface area (Å²) in [4.78, 5) is 23.5. The standard InChI is InChI=1S/C15H19N3O4/c1-17(2)18-9-12(15(20)21)14(19)11-5-4-10(8-13(11)18)22-7-3-6-16/h4-5,8-9H,3,6-7,16H2,1-2H3,(H,20,21). The van der Waals surface area contributed by atoms with E-state index in [2.05, 4.69) is 0 Å². The summed E-state index contributed by atoms with van der Waals surface area (Å²) in [6, 6.07) is 4.96. The number of hydrogen-bond donors (Lipinski definition) is 2. The molecule has 2 aromatic rings. The molecule has 0 aliphatic carbocycles. The smallest absolute Gasteiger partial charge is 0.341 e. The van der Waals surface area contributed by atoms with Gasteiger partial charge in [-0.2, -0.15) is 0 Å². The SMILES string of the molecule is CN(C)n1cc(C(=O)O)c(=O)c2ccc(OCCCN)cc21. The van der Waals surface area contributed by atoms with Gasteiger partial charge in [0.2, 0.25) is 5.43 Å². The quantitative estimate of drug-likeness (QED) is 0.759. The van der Waals surface area contributed by atoms with Crippen molar-refractivity contribution in [1.29, 1.82) is 0 Å². The van der Waals surface area contributed by atoms with Crippen LogP contribution in [0.3, 0.4) is 0 Å². The Morgan fingerprint density at radius 1 is 1.41 bits per heavy atom. The highest BCUT2D eigenvalue weighted by Crippen LogP contribution is 2.20. The molecule has 0 aliphatic heterocycles. The Bertz CT molecular complexity index is 752. The Labute approximate surface area is 127 Å². The Hall–Kier alpha value is -2.54. The van der Waals surface area contributed by atoms with E-state index in [0.29, 0.717) is 29.8 Å². The molecule has 0 bridgehead atoms. The highest BCUT2D eigenvalue weighted by atomic mass is 16.5. The van der Waals surface area contributed by atoms with Gasteiger partial charge in [-0.3, -0.25) is 9.47 Å². The molecule has 22 heavy (non-hydrogen) atoms. The number of ether oxygens (including phenoxy) is 1. The van der Waals surface area contributed by atoms with Crippen LogP contribution in [-0.2, 0) is 0 Å².